The minimum Gasteiger partial charge on any atom is -0.365 e. The summed E-state index contributed by atoms with van der Waals surface area (Å²) in [6.07, 6.45) is -3.44. The molecule has 2 heterocycles. The van der Waals surface area contributed by atoms with Gasteiger partial charge in [-0.3, -0.25) is 4.79 Å². The van der Waals surface area contributed by atoms with Crippen LogP contribution in [-0.2, 0) is 17.5 Å². The highest BCUT2D eigenvalue weighted by Crippen LogP contribution is 2.29. The highest BCUT2D eigenvalue weighted by Gasteiger charge is 2.32. The quantitative estimate of drug-likeness (QED) is 0.857. The van der Waals surface area contributed by atoms with E-state index in [9.17, 15) is 22.4 Å². The minimum absolute atomic E-state index is 0.0752. The number of rotatable bonds is 4. The zero-order valence-corrected chi connectivity index (χ0v) is 13.1. The molecular formula is C17H15F4N3O. The van der Waals surface area contributed by atoms with Crippen LogP contribution in [0.5, 0.6) is 0 Å². The lowest BCUT2D eigenvalue weighted by Gasteiger charge is -2.17. The van der Waals surface area contributed by atoms with Gasteiger partial charge in [-0.15, -0.1) is 0 Å². The van der Waals surface area contributed by atoms with Gasteiger partial charge in [-0.05, 0) is 29.8 Å². The fourth-order valence-electron chi connectivity index (χ4n) is 2.69. The summed E-state index contributed by atoms with van der Waals surface area (Å²) < 4.78 is 50.5. The van der Waals surface area contributed by atoms with Crippen molar-refractivity contribution < 1.29 is 22.4 Å². The summed E-state index contributed by atoms with van der Waals surface area (Å²) in [6, 6.07) is 7.84. The van der Waals surface area contributed by atoms with Crippen LogP contribution in [0.15, 0.2) is 42.6 Å². The van der Waals surface area contributed by atoms with Gasteiger partial charge in [0.15, 0.2) is 0 Å². The molecule has 1 amide bonds. The predicted octanol–water partition coefficient (Wildman–Crippen LogP) is 3.45. The second kappa shape index (κ2) is 6.70. The molecule has 0 aliphatic carbocycles. The Morgan fingerprint density at radius 2 is 1.88 bits per heavy atom. The predicted molar refractivity (Wildman–Crippen MR) is 83.1 cm³/mol. The number of nitrogens with zero attached hydrogens (tertiary/aromatic N) is 2. The molecule has 132 valence electrons. The molecular weight excluding hydrogens is 338 g/mol. The maximum Gasteiger partial charge on any atom is 0.417 e. The number of carbonyl (C=O) groups is 1. The number of anilines is 1. The van der Waals surface area contributed by atoms with Crippen LogP contribution in [0.4, 0.5) is 23.4 Å². The molecule has 1 atom stereocenters. The first-order valence-electron chi connectivity index (χ1n) is 7.63. The van der Waals surface area contributed by atoms with Crippen molar-refractivity contribution in [3.8, 4) is 0 Å². The molecule has 1 saturated heterocycles. The average Bonchev–Trinajstić information content (AvgIpc) is 2.89. The Hall–Kier alpha value is -2.64. The first-order valence-corrected chi connectivity index (χ1v) is 7.63. The van der Waals surface area contributed by atoms with Crippen LogP contribution in [0.3, 0.4) is 0 Å². The molecule has 1 aliphatic rings. The molecule has 0 saturated carbocycles. The third kappa shape index (κ3) is 4.26. The van der Waals surface area contributed by atoms with E-state index >= 15 is 0 Å². The third-order valence-corrected chi connectivity index (χ3v) is 3.94. The van der Waals surface area contributed by atoms with E-state index in [1.165, 1.54) is 18.2 Å². The Balaban J connectivity index is 1.59. The number of pyridine rings is 1. The van der Waals surface area contributed by atoms with E-state index in [1.807, 2.05) is 0 Å². The second-order valence-electron chi connectivity index (χ2n) is 5.88. The topological polar surface area (TPSA) is 45.2 Å². The molecule has 1 aliphatic heterocycles. The van der Waals surface area contributed by atoms with Crippen molar-refractivity contribution in [2.45, 2.75) is 25.2 Å². The van der Waals surface area contributed by atoms with Gasteiger partial charge in [0.25, 0.3) is 0 Å². The molecule has 4 nitrogen and oxygen atoms in total. The number of benzene rings is 1. The van der Waals surface area contributed by atoms with Crippen LogP contribution in [0, 0.1) is 5.82 Å². The maximum absolute atomic E-state index is 12.9. The summed E-state index contributed by atoms with van der Waals surface area (Å²) in [5.74, 6) is -0.132. The number of carbonyl (C=O) groups excluding carboxylic acids is 1. The molecule has 25 heavy (non-hydrogen) atoms. The van der Waals surface area contributed by atoms with Gasteiger partial charge in [0.1, 0.15) is 11.6 Å². The lowest BCUT2D eigenvalue weighted by molar-refractivity contribution is -0.137. The Kier molecular flexibility index (Phi) is 4.61. The van der Waals surface area contributed by atoms with Crippen LogP contribution in [0.2, 0.25) is 0 Å². The lowest BCUT2D eigenvalue weighted by atomic mass is 10.2. The van der Waals surface area contributed by atoms with Gasteiger partial charge >= 0.3 is 6.18 Å². The molecule has 1 fully saturated rings. The number of hydrogen-bond acceptors (Lipinski definition) is 3. The normalized spacial score (nSPS) is 17.8. The van der Waals surface area contributed by atoms with Crippen molar-refractivity contribution in [3.05, 3.63) is 59.5 Å². The lowest BCUT2D eigenvalue weighted by Crippen LogP contribution is -2.27. The first kappa shape index (κ1) is 17.2. The second-order valence-corrected chi connectivity index (χ2v) is 5.88. The van der Waals surface area contributed by atoms with Gasteiger partial charge in [-0.2, -0.15) is 13.2 Å². The molecule has 1 aromatic heterocycles. The van der Waals surface area contributed by atoms with Crippen LogP contribution in [-0.4, -0.2) is 28.4 Å². The monoisotopic (exact) mass is 353 g/mol. The van der Waals surface area contributed by atoms with Gasteiger partial charge in [0.05, 0.1) is 11.6 Å². The van der Waals surface area contributed by atoms with Crippen LogP contribution in [0.25, 0.3) is 0 Å². The number of alkyl halides is 3. The van der Waals surface area contributed by atoms with E-state index in [1.54, 1.807) is 17.0 Å². The number of nitrogens with one attached hydrogen (secondary N) is 1. The van der Waals surface area contributed by atoms with Crippen LogP contribution >= 0.6 is 0 Å². The van der Waals surface area contributed by atoms with Gasteiger partial charge in [-0.1, -0.05) is 12.1 Å². The van der Waals surface area contributed by atoms with Crippen molar-refractivity contribution in [1.82, 2.24) is 9.88 Å². The number of hydrogen-bond donors (Lipinski definition) is 1. The summed E-state index contributed by atoms with van der Waals surface area (Å²) in [4.78, 5) is 17.4. The molecule has 0 bridgehead atoms. The summed E-state index contributed by atoms with van der Waals surface area (Å²) in [5.41, 5.74) is -0.0125. The molecule has 0 radical (unpaired) electrons. The molecule has 0 unspecified atom stereocenters. The number of amides is 1. The SMILES string of the molecule is O=C1C[C@@H](Nc2ccc(C(F)(F)F)cn2)CN1Cc1ccc(F)cc1. The van der Waals surface area contributed by atoms with E-state index in [2.05, 4.69) is 10.3 Å². The summed E-state index contributed by atoms with van der Waals surface area (Å²) >= 11 is 0. The van der Waals surface area contributed by atoms with Crippen molar-refractivity contribution in [3.63, 3.8) is 0 Å². The van der Waals surface area contributed by atoms with Crippen LogP contribution in [0.1, 0.15) is 17.5 Å². The number of halogens is 4. The first-order chi connectivity index (χ1) is 11.8. The summed E-state index contributed by atoms with van der Waals surface area (Å²) in [5, 5.41) is 2.97. The third-order valence-electron chi connectivity index (χ3n) is 3.94. The van der Waals surface area contributed by atoms with E-state index in [-0.39, 0.29) is 30.0 Å². The van der Waals surface area contributed by atoms with E-state index in [0.717, 1.165) is 17.8 Å². The zero-order chi connectivity index (χ0) is 18.0. The Morgan fingerprint density at radius 3 is 2.48 bits per heavy atom. The molecule has 1 aromatic carbocycles. The Bertz CT molecular complexity index is 744. The van der Waals surface area contributed by atoms with Crippen molar-refractivity contribution in [2.75, 3.05) is 11.9 Å². The largest absolute Gasteiger partial charge is 0.417 e. The molecule has 0 spiro atoms. The fraction of sp³-hybridized carbons (Fsp3) is 0.294. The molecule has 1 N–H and O–H groups in total. The van der Waals surface area contributed by atoms with Gasteiger partial charge in [-0.25, -0.2) is 9.37 Å². The van der Waals surface area contributed by atoms with E-state index in [0.29, 0.717) is 13.1 Å². The average molecular weight is 353 g/mol. The smallest absolute Gasteiger partial charge is 0.365 e. The summed E-state index contributed by atoms with van der Waals surface area (Å²) in [7, 11) is 0. The van der Waals surface area contributed by atoms with Crippen LogP contribution < -0.4 is 5.32 Å². The van der Waals surface area contributed by atoms with Gasteiger partial charge in [0, 0.05) is 25.7 Å². The standard InChI is InChI=1S/C17H15F4N3O/c18-13-4-1-11(2-5-13)9-24-10-14(7-16(24)25)23-15-6-3-12(8-22-15)17(19,20)21/h1-6,8,14H,7,9-10H2,(H,22,23)/t14-/m1/s1. The molecule has 2 aromatic rings. The Labute approximate surface area is 141 Å². The van der Waals surface area contributed by atoms with Crippen molar-refractivity contribution in [1.29, 1.82) is 0 Å². The maximum atomic E-state index is 12.9. The van der Waals surface area contributed by atoms with Crippen molar-refractivity contribution >= 4 is 11.7 Å². The number of likely N-dealkylation sites (tertiary alicyclic amines) is 1. The fourth-order valence-corrected chi connectivity index (χ4v) is 2.69. The number of aromatic nitrogens is 1. The Morgan fingerprint density at radius 1 is 1.16 bits per heavy atom. The molecule has 8 heteroatoms. The van der Waals surface area contributed by atoms with E-state index < -0.39 is 11.7 Å². The zero-order valence-electron chi connectivity index (χ0n) is 13.1. The van der Waals surface area contributed by atoms with E-state index in [4.69, 9.17) is 0 Å². The van der Waals surface area contributed by atoms with Gasteiger partial charge < -0.3 is 10.2 Å². The minimum atomic E-state index is -4.43. The summed E-state index contributed by atoms with van der Waals surface area (Å²) in [6.45, 7) is 0.761. The molecule has 3 rings (SSSR count). The highest BCUT2D eigenvalue weighted by atomic mass is 19.4. The van der Waals surface area contributed by atoms with Gasteiger partial charge in [0.2, 0.25) is 5.91 Å². The van der Waals surface area contributed by atoms with Crippen molar-refractivity contribution in [2.24, 2.45) is 0 Å². The highest BCUT2D eigenvalue weighted by molar-refractivity contribution is 5.80.